The van der Waals surface area contributed by atoms with Crippen LogP contribution in [-0.2, 0) is 4.79 Å². The van der Waals surface area contributed by atoms with Gasteiger partial charge in [0.25, 0.3) is 11.6 Å². The molecular formula is C16H24N3O3+. The lowest BCUT2D eigenvalue weighted by molar-refractivity contribution is -0.920. The second-order valence-electron chi connectivity index (χ2n) is 6.24. The Labute approximate surface area is 130 Å². The maximum Gasteiger partial charge on any atom is 0.293 e. The molecule has 2 rings (SSSR count). The van der Waals surface area contributed by atoms with Crippen LogP contribution in [0.25, 0.3) is 0 Å². The number of nitro groups is 1. The third kappa shape index (κ3) is 3.82. The Bertz CT molecular complexity index is 586. The molecule has 0 spiro atoms. The van der Waals surface area contributed by atoms with Gasteiger partial charge < -0.3 is 10.2 Å². The highest BCUT2D eigenvalue weighted by atomic mass is 16.6. The van der Waals surface area contributed by atoms with Crippen molar-refractivity contribution in [1.82, 2.24) is 0 Å². The molecule has 0 aromatic heterocycles. The molecule has 22 heavy (non-hydrogen) atoms. The average Bonchev–Trinajstić information content (AvgIpc) is 2.44. The fraction of sp³-hybridized carbons (Fsp3) is 0.562. The number of anilines is 1. The Hall–Kier alpha value is -1.95. The number of benzene rings is 1. The van der Waals surface area contributed by atoms with Crippen LogP contribution in [0, 0.1) is 24.0 Å². The number of carbonyl (C=O) groups is 1. The topological polar surface area (TPSA) is 76.7 Å². The molecule has 120 valence electrons. The van der Waals surface area contributed by atoms with Crippen molar-refractivity contribution in [2.45, 2.75) is 46.1 Å². The number of hydrogen-bond acceptors (Lipinski definition) is 3. The smallest absolute Gasteiger partial charge is 0.293 e. The predicted molar refractivity (Wildman–Crippen MR) is 85.2 cm³/mol. The lowest BCUT2D eigenvalue weighted by atomic mass is 10.0. The van der Waals surface area contributed by atoms with Gasteiger partial charge in [0.15, 0.2) is 6.54 Å². The summed E-state index contributed by atoms with van der Waals surface area (Å²) in [5, 5.41) is 13.9. The minimum atomic E-state index is -0.446. The average molecular weight is 306 g/mol. The standard InChI is InChI=1S/C16H23N3O3/c1-11-8-14(15(19(21)22)9-12(11)2)17-16(20)10-18-7-5-4-6-13(18)3/h8-9,13H,4-7,10H2,1-3H3,(H,17,20)/p+1/t13-/m1/s1. The van der Waals surface area contributed by atoms with Gasteiger partial charge in [-0.05, 0) is 57.2 Å². The van der Waals surface area contributed by atoms with Crippen molar-refractivity contribution in [3.05, 3.63) is 33.4 Å². The molecule has 2 N–H and O–H groups in total. The molecule has 1 aliphatic heterocycles. The Morgan fingerprint density at radius 1 is 1.36 bits per heavy atom. The van der Waals surface area contributed by atoms with Crippen LogP contribution in [0.4, 0.5) is 11.4 Å². The number of carbonyl (C=O) groups excluding carboxylic acids is 1. The van der Waals surface area contributed by atoms with Gasteiger partial charge in [0.05, 0.1) is 17.5 Å². The van der Waals surface area contributed by atoms with Crippen molar-refractivity contribution in [3.8, 4) is 0 Å². The van der Waals surface area contributed by atoms with E-state index in [4.69, 9.17) is 0 Å². The molecule has 0 radical (unpaired) electrons. The zero-order valence-electron chi connectivity index (χ0n) is 13.4. The van der Waals surface area contributed by atoms with Crippen LogP contribution in [0.2, 0.25) is 0 Å². The summed E-state index contributed by atoms with van der Waals surface area (Å²) in [7, 11) is 0. The first-order valence-corrected chi connectivity index (χ1v) is 7.78. The lowest BCUT2D eigenvalue weighted by Gasteiger charge is -2.29. The summed E-state index contributed by atoms with van der Waals surface area (Å²) in [5.74, 6) is -0.157. The van der Waals surface area contributed by atoms with Crippen LogP contribution in [0.15, 0.2) is 12.1 Å². The summed E-state index contributed by atoms with van der Waals surface area (Å²) in [5.41, 5.74) is 2.03. The second kappa shape index (κ2) is 6.87. The van der Waals surface area contributed by atoms with Gasteiger partial charge >= 0.3 is 0 Å². The molecule has 1 aromatic carbocycles. The van der Waals surface area contributed by atoms with E-state index < -0.39 is 4.92 Å². The van der Waals surface area contributed by atoms with Crippen LogP contribution in [0.3, 0.4) is 0 Å². The molecular weight excluding hydrogens is 282 g/mol. The maximum atomic E-state index is 12.2. The van der Waals surface area contributed by atoms with E-state index in [1.807, 2.05) is 13.8 Å². The Morgan fingerprint density at radius 3 is 2.68 bits per heavy atom. The molecule has 2 atom stereocenters. The third-order valence-electron chi connectivity index (χ3n) is 4.55. The number of nitro benzene ring substituents is 1. The highest BCUT2D eigenvalue weighted by molar-refractivity contribution is 5.94. The summed E-state index contributed by atoms with van der Waals surface area (Å²) in [6.07, 6.45) is 3.48. The zero-order valence-corrected chi connectivity index (χ0v) is 13.4. The van der Waals surface area contributed by atoms with E-state index in [9.17, 15) is 14.9 Å². The van der Waals surface area contributed by atoms with E-state index in [1.165, 1.54) is 17.4 Å². The highest BCUT2D eigenvalue weighted by Gasteiger charge is 2.25. The van der Waals surface area contributed by atoms with Crippen LogP contribution in [0.1, 0.15) is 37.3 Å². The van der Waals surface area contributed by atoms with Crippen molar-refractivity contribution in [3.63, 3.8) is 0 Å². The molecule has 6 heteroatoms. The minimum absolute atomic E-state index is 0.0434. The summed E-state index contributed by atoms with van der Waals surface area (Å²) in [6.45, 7) is 7.22. The number of hydrogen-bond donors (Lipinski definition) is 2. The quantitative estimate of drug-likeness (QED) is 0.655. The SMILES string of the molecule is Cc1cc(NC(=O)C[NH+]2CCCC[C@H]2C)c([N+](=O)[O-])cc1C. The summed E-state index contributed by atoms with van der Waals surface area (Å²) in [6, 6.07) is 3.66. The Morgan fingerprint density at radius 2 is 2.05 bits per heavy atom. The first kappa shape index (κ1) is 16.4. The molecule has 1 amide bonds. The largest absolute Gasteiger partial charge is 0.325 e. The molecule has 1 heterocycles. The molecule has 1 fully saturated rings. The number of rotatable bonds is 4. The Kier molecular flexibility index (Phi) is 5.13. The molecule has 0 saturated carbocycles. The molecule has 1 aliphatic rings. The number of piperidine rings is 1. The van der Waals surface area contributed by atoms with E-state index >= 15 is 0 Å². The minimum Gasteiger partial charge on any atom is -0.325 e. The number of nitrogens with one attached hydrogen (secondary N) is 2. The molecule has 0 bridgehead atoms. The number of quaternary nitrogens is 1. The van der Waals surface area contributed by atoms with Crippen LogP contribution < -0.4 is 10.2 Å². The van der Waals surface area contributed by atoms with Crippen molar-refractivity contribution in [1.29, 1.82) is 0 Å². The van der Waals surface area contributed by atoms with E-state index in [2.05, 4.69) is 12.2 Å². The fourth-order valence-electron chi connectivity index (χ4n) is 2.97. The van der Waals surface area contributed by atoms with Gasteiger partial charge in [-0.15, -0.1) is 0 Å². The van der Waals surface area contributed by atoms with Crippen molar-refractivity contribution >= 4 is 17.3 Å². The van der Waals surface area contributed by atoms with Crippen LogP contribution in [-0.4, -0.2) is 30.0 Å². The third-order valence-corrected chi connectivity index (χ3v) is 4.55. The number of likely N-dealkylation sites (tertiary alicyclic amines) is 1. The van der Waals surface area contributed by atoms with Crippen molar-refractivity contribution < 1.29 is 14.6 Å². The van der Waals surface area contributed by atoms with E-state index in [0.29, 0.717) is 18.3 Å². The molecule has 1 saturated heterocycles. The number of aryl methyl sites for hydroxylation is 2. The predicted octanol–water partition coefficient (Wildman–Crippen LogP) is 1.61. The monoisotopic (exact) mass is 306 g/mol. The van der Waals surface area contributed by atoms with Gasteiger partial charge in [-0.2, -0.15) is 0 Å². The molecule has 1 aromatic rings. The number of nitrogens with zero attached hydrogens (tertiary/aromatic N) is 1. The van der Waals surface area contributed by atoms with E-state index in [0.717, 1.165) is 30.5 Å². The van der Waals surface area contributed by atoms with Crippen LogP contribution >= 0.6 is 0 Å². The summed E-state index contributed by atoms with van der Waals surface area (Å²) in [4.78, 5) is 24.2. The fourth-order valence-corrected chi connectivity index (χ4v) is 2.97. The van der Waals surface area contributed by atoms with Gasteiger partial charge in [-0.1, -0.05) is 0 Å². The Balaban J connectivity index is 2.11. The highest BCUT2D eigenvalue weighted by Crippen LogP contribution is 2.27. The van der Waals surface area contributed by atoms with Crippen LogP contribution in [0.5, 0.6) is 0 Å². The number of amides is 1. The maximum absolute atomic E-state index is 12.2. The summed E-state index contributed by atoms with van der Waals surface area (Å²) >= 11 is 0. The molecule has 6 nitrogen and oxygen atoms in total. The first-order chi connectivity index (χ1) is 10.4. The van der Waals surface area contributed by atoms with Gasteiger partial charge in [-0.25, -0.2) is 0 Å². The normalized spacial score (nSPS) is 21.4. The van der Waals surface area contributed by atoms with Gasteiger partial charge in [0.2, 0.25) is 0 Å². The van der Waals surface area contributed by atoms with E-state index in [1.54, 1.807) is 6.07 Å². The van der Waals surface area contributed by atoms with Crippen molar-refractivity contribution in [2.24, 2.45) is 0 Å². The molecule has 1 unspecified atom stereocenters. The lowest BCUT2D eigenvalue weighted by Crippen LogP contribution is -3.17. The van der Waals surface area contributed by atoms with E-state index in [-0.39, 0.29) is 11.6 Å². The molecule has 0 aliphatic carbocycles. The van der Waals surface area contributed by atoms with Crippen molar-refractivity contribution in [2.75, 3.05) is 18.4 Å². The summed E-state index contributed by atoms with van der Waals surface area (Å²) < 4.78 is 0. The first-order valence-electron chi connectivity index (χ1n) is 7.78. The van der Waals surface area contributed by atoms with Gasteiger partial charge in [0, 0.05) is 6.07 Å². The second-order valence-corrected chi connectivity index (χ2v) is 6.24. The zero-order chi connectivity index (χ0) is 16.3. The van der Waals surface area contributed by atoms with Gasteiger partial charge in [-0.3, -0.25) is 14.9 Å². The van der Waals surface area contributed by atoms with Gasteiger partial charge in [0.1, 0.15) is 5.69 Å².